The van der Waals surface area contributed by atoms with Gasteiger partial charge < -0.3 is 0 Å². The van der Waals surface area contributed by atoms with Crippen LogP contribution in [0.3, 0.4) is 0 Å². The van der Waals surface area contributed by atoms with Gasteiger partial charge in [-0.05, 0) is 17.9 Å². The molecule has 0 fully saturated rings. The van der Waals surface area contributed by atoms with Crippen LogP contribution < -0.4 is 0 Å². The average Bonchev–Trinajstić information content (AvgIpc) is 1.88. The lowest BCUT2D eigenvalue weighted by Gasteiger charge is -2.00. The molecule has 53 valence electrons. The van der Waals surface area contributed by atoms with E-state index in [2.05, 4.69) is 30.2 Å². The van der Waals surface area contributed by atoms with E-state index < -0.39 is 0 Å². The minimum Gasteiger partial charge on any atom is -0.245 e. The summed E-state index contributed by atoms with van der Waals surface area (Å²) in [5.41, 5.74) is 1.09. The highest BCUT2D eigenvalue weighted by Crippen LogP contribution is 2.06. The van der Waals surface area contributed by atoms with Crippen LogP contribution in [0.1, 0.15) is 19.4 Å². The van der Waals surface area contributed by atoms with Gasteiger partial charge in [-0.1, -0.05) is 13.8 Å². The molecule has 1 aromatic heterocycles. The zero-order valence-electron chi connectivity index (χ0n) is 6.28. The van der Waals surface area contributed by atoms with Gasteiger partial charge in [0.25, 0.3) is 0 Å². The first-order valence-electron chi connectivity index (χ1n) is 3.39. The van der Waals surface area contributed by atoms with Crippen molar-refractivity contribution in [2.45, 2.75) is 13.8 Å². The Bertz CT molecular complexity index is 182. The van der Waals surface area contributed by atoms with Crippen molar-refractivity contribution in [2.75, 3.05) is 0 Å². The Hall–Kier alpha value is -0.920. The van der Waals surface area contributed by atoms with E-state index in [1.807, 2.05) is 12.4 Å². The monoisotopic (exact) mass is 135 g/mol. The molecule has 0 bridgehead atoms. The summed E-state index contributed by atoms with van der Waals surface area (Å²) in [5.74, 6) is 0.561. The quantitative estimate of drug-likeness (QED) is 0.616. The van der Waals surface area contributed by atoms with Crippen molar-refractivity contribution in [1.82, 2.24) is 9.97 Å². The lowest BCUT2D eigenvalue weighted by molar-refractivity contribution is 0.773. The molecule has 0 amide bonds. The number of rotatable bonds is 2. The van der Waals surface area contributed by atoms with Crippen LogP contribution in [0.25, 0.3) is 0 Å². The molecule has 0 aliphatic rings. The predicted molar refractivity (Wildman–Crippen MR) is 40.3 cm³/mol. The average molecular weight is 135 g/mol. The van der Waals surface area contributed by atoms with Crippen LogP contribution in [-0.4, -0.2) is 9.97 Å². The Morgan fingerprint density at radius 1 is 1.30 bits per heavy atom. The Labute approximate surface area is 61.3 Å². The Kier molecular flexibility index (Phi) is 2.37. The van der Waals surface area contributed by atoms with Crippen molar-refractivity contribution in [3.05, 3.63) is 30.7 Å². The van der Waals surface area contributed by atoms with E-state index in [9.17, 15) is 0 Å². The van der Waals surface area contributed by atoms with Gasteiger partial charge in [0.15, 0.2) is 0 Å². The molecule has 0 aliphatic carbocycles. The van der Waals surface area contributed by atoms with Crippen molar-refractivity contribution < 1.29 is 0 Å². The minimum atomic E-state index is 0.561. The van der Waals surface area contributed by atoms with E-state index in [0.29, 0.717) is 5.92 Å². The Balaban J connectivity index is 2.59. The van der Waals surface area contributed by atoms with Crippen LogP contribution in [0, 0.1) is 12.3 Å². The van der Waals surface area contributed by atoms with Gasteiger partial charge in [-0.25, -0.2) is 9.97 Å². The third-order valence-electron chi connectivity index (χ3n) is 1.11. The summed E-state index contributed by atoms with van der Waals surface area (Å²) < 4.78 is 0. The standard InChI is InChI=1S/C8H11N2/c1-7(2)3-8-4-9-6-10-5-8/h3-7H,1-2H3. The molecule has 0 saturated heterocycles. The zero-order valence-corrected chi connectivity index (χ0v) is 6.28. The lowest BCUT2D eigenvalue weighted by atomic mass is 10.1. The second kappa shape index (κ2) is 3.30. The van der Waals surface area contributed by atoms with E-state index in [1.54, 1.807) is 0 Å². The summed E-state index contributed by atoms with van der Waals surface area (Å²) in [5, 5.41) is 0. The zero-order chi connectivity index (χ0) is 7.40. The normalized spacial score (nSPS) is 10.3. The molecule has 0 saturated carbocycles. The molecule has 1 rings (SSSR count). The maximum Gasteiger partial charge on any atom is 0.115 e. The summed E-state index contributed by atoms with van der Waals surface area (Å²) in [6.45, 7) is 4.26. The summed E-state index contributed by atoms with van der Waals surface area (Å²) in [6.07, 6.45) is 7.29. The molecule has 0 atom stereocenters. The molecule has 0 unspecified atom stereocenters. The highest BCUT2D eigenvalue weighted by Gasteiger charge is 1.96. The van der Waals surface area contributed by atoms with E-state index in [1.165, 1.54) is 6.33 Å². The lowest BCUT2D eigenvalue weighted by Crippen LogP contribution is -1.91. The van der Waals surface area contributed by atoms with E-state index in [0.717, 1.165) is 5.56 Å². The molecule has 2 heteroatoms. The molecule has 1 heterocycles. The smallest absolute Gasteiger partial charge is 0.115 e. The third kappa shape index (κ3) is 2.13. The molecular formula is C8H11N2. The van der Waals surface area contributed by atoms with Gasteiger partial charge in [0, 0.05) is 12.4 Å². The van der Waals surface area contributed by atoms with Crippen molar-refractivity contribution in [3.8, 4) is 0 Å². The summed E-state index contributed by atoms with van der Waals surface area (Å²) in [4.78, 5) is 7.79. The second-order valence-corrected chi connectivity index (χ2v) is 2.58. The number of aromatic nitrogens is 2. The van der Waals surface area contributed by atoms with E-state index >= 15 is 0 Å². The van der Waals surface area contributed by atoms with Gasteiger partial charge in [-0.2, -0.15) is 0 Å². The first-order valence-corrected chi connectivity index (χ1v) is 3.39. The molecule has 1 aromatic rings. The molecule has 0 N–H and O–H groups in total. The second-order valence-electron chi connectivity index (χ2n) is 2.58. The summed E-state index contributed by atoms with van der Waals surface area (Å²) in [6, 6.07) is 0. The van der Waals surface area contributed by atoms with Crippen molar-refractivity contribution >= 4 is 0 Å². The first kappa shape index (κ1) is 7.19. The van der Waals surface area contributed by atoms with Crippen LogP contribution in [0.4, 0.5) is 0 Å². The van der Waals surface area contributed by atoms with Crippen LogP contribution in [0.2, 0.25) is 0 Å². The van der Waals surface area contributed by atoms with Crippen LogP contribution in [-0.2, 0) is 0 Å². The molecule has 0 aliphatic heterocycles. The fourth-order valence-corrected chi connectivity index (χ4v) is 0.782. The Morgan fingerprint density at radius 2 is 1.90 bits per heavy atom. The van der Waals surface area contributed by atoms with Crippen molar-refractivity contribution in [3.63, 3.8) is 0 Å². The van der Waals surface area contributed by atoms with E-state index in [-0.39, 0.29) is 0 Å². The van der Waals surface area contributed by atoms with Crippen molar-refractivity contribution in [2.24, 2.45) is 5.92 Å². The number of nitrogens with zero attached hydrogens (tertiary/aromatic N) is 2. The van der Waals surface area contributed by atoms with Gasteiger partial charge in [0.2, 0.25) is 0 Å². The fraction of sp³-hybridized carbons (Fsp3) is 0.375. The van der Waals surface area contributed by atoms with Crippen molar-refractivity contribution in [1.29, 1.82) is 0 Å². The van der Waals surface area contributed by atoms with Gasteiger partial charge in [-0.15, -0.1) is 0 Å². The first-order chi connectivity index (χ1) is 4.79. The summed E-state index contributed by atoms with van der Waals surface area (Å²) in [7, 11) is 0. The van der Waals surface area contributed by atoms with Gasteiger partial charge >= 0.3 is 0 Å². The van der Waals surface area contributed by atoms with Crippen LogP contribution in [0.5, 0.6) is 0 Å². The maximum atomic E-state index is 3.90. The predicted octanol–water partition coefficient (Wildman–Crippen LogP) is 1.68. The third-order valence-corrected chi connectivity index (χ3v) is 1.11. The number of hydrogen-bond donors (Lipinski definition) is 0. The molecule has 10 heavy (non-hydrogen) atoms. The molecular weight excluding hydrogens is 124 g/mol. The number of hydrogen-bond acceptors (Lipinski definition) is 2. The molecule has 0 spiro atoms. The maximum absolute atomic E-state index is 3.90. The highest BCUT2D eigenvalue weighted by molar-refractivity contribution is 5.14. The van der Waals surface area contributed by atoms with Gasteiger partial charge in [-0.3, -0.25) is 0 Å². The SMILES string of the molecule is CC(C)[CH]c1cncnc1. The van der Waals surface area contributed by atoms with Crippen LogP contribution >= 0.6 is 0 Å². The van der Waals surface area contributed by atoms with Gasteiger partial charge in [0.1, 0.15) is 6.33 Å². The Morgan fingerprint density at radius 3 is 2.40 bits per heavy atom. The summed E-state index contributed by atoms with van der Waals surface area (Å²) >= 11 is 0. The highest BCUT2D eigenvalue weighted by atomic mass is 14.8. The fourth-order valence-electron chi connectivity index (χ4n) is 0.782. The molecule has 2 nitrogen and oxygen atoms in total. The largest absolute Gasteiger partial charge is 0.245 e. The van der Waals surface area contributed by atoms with Crippen LogP contribution in [0.15, 0.2) is 18.7 Å². The topological polar surface area (TPSA) is 25.8 Å². The molecule has 0 aromatic carbocycles. The minimum absolute atomic E-state index is 0.561. The molecule has 1 radical (unpaired) electrons. The van der Waals surface area contributed by atoms with E-state index in [4.69, 9.17) is 0 Å². The van der Waals surface area contributed by atoms with Gasteiger partial charge in [0.05, 0.1) is 0 Å².